The summed E-state index contributed by atoms with van der Waals surface area (Å²) in [5, 5.41) is 0.714. The zero-order valence-electron chi connectivity index (χ0n) is 14.0. The van der Waals surface area contributed by atoms with Crippen LogP contribution in [0, 0.1) is 0 Å². The van der Waals surface area contributed by atoms with Crippen molar-refractivity contribution >= 4 is 17.4 Å². The van der Waals surface area contributed by atoms with Gasteiger partial charge in [0.15, 0.2) is 0 Å². The number of rotatable bonds is 5. The van der Waals surface area contributed by atoms with E-state index in [0.29, 0.717) is 24.5 Å². The van der Waals surface area contributed by atoms with Crippen LogP contribution in [-0.2, 0) is 30.7 Å². The van der Waals surface area contributed by atoms with Gasteiger partial charge in [-0.2, -0.15) is 0 Å². The van der Waals surface area contributed by atoms with Crippen molar-refractivity contribution in [3.63, 3.8) is 0 Å². The zero-order valence-corrected chi connectivity index (χ0v) is 14.8. The number of thiazole rings is 1. The van der Waals surface area contributed by atoms with Crippen LogP contribution in [0.1, 0.15) is 34.5 Å². The molecule has 1 aliphatic rings. The van der Waals surface area contributed by atoms with Crippen molar-refractivity contribution in [1.29, 1.82) is 0 Å². The number of fused-ring (bicyclic) bond motifs is 1. The summed E-state index contributed by atoms with van der Waals surface area (Å²) < 4.78 is 31.3. The third kappa shape index (κ3) is 4.98. The quantitative estimate of drug-likeness (QED) is 0.786. The van der Waals surface area contributed by atoms with E-state index in [1.54, 1.807) is 4.90 Å². The van der Waals surface area contributed by atoms with Gasteiger partial charge in [-0.3, -0.25) is 0 Å². The minimum absolute atomic E-state index is 0.206. The summed E-state index contributed by atoms with van der Waals surface area (Å²) in [6.07, 6.45) is 0.377. The van der Waals surface area contributed by atoms with Crippen molar-refractivity contribution in [3.8, 4) is 0 Å². The average Bonchev–Trinajstić information content (AvgIpc) is 3.00. The fraction of sp³-hybridized carbons (Fsp3) is 0.444. The van der Waals surface area contributed by atoms with Crippen molar-refractivity contribution < 1.29 is 18.3 Å². The fourth-order valence-corrected chi connectivity index (χ4v) is 3.72. The molecule has 0 radical (unpaired) electrons. The van der Waals surface area contributed by atoms with E-state index >= 15 is 0 Å². The Morgan fingerprint density at radius 2 is 2.12 bits per heavy atom. The van der Waals surface area contributed by atoms with Gasteiger partial charge in [-0.15, -0.1) is 11.3 Å². The number of aryl methyl sites for hydroxylation is 1. The molecule has 0 unspecified atom stereocenters. The summed E-state index contributed by atoms with van der Waals surface area (Å²) in [6.45, 7) is 2.09. The number of nitrogens with zero attached hydrogens (tertiary/aromatic N) is 2. The second-order valence-electron chi connectivity index (χ2n) is 6.26. The van der Waals surface area contributed by atoms with E-state index in [1.807, 2.05) is 30.3 Å². The van der Waals surface area contributed by atoms with Crippen LogP contribution in [-0.4, -0.2) is 28.4 Å². The number of aromatic nitrogens is 1. The lowest BCUT2D eigenvalue weighted by molar-refractivity contribution is 0.0133. The predicted octanol–water partition coefficient (Wildman–Crippen LogP) is 4.43. The number of hydrogen-bond donors (Lipinski definition) is 0. The van der Waals surface area contributed by atoms with Gasteiger partial charge in [0.25, 0.3) is 0 Å². The molecule has 1 amide bonds. The van der Waals surface area contributed by atoms with Crippen LogP contribution in [0.3, 0.4) is 0 Å². The summed E-state index contributed by atoms with van der Waals surface area (Å²) in [7, 11) is 0. The second kappa shape index (κ2) is 7.47. The first-order chi connectivity index (χ1) is 11.9. The topological polar surface area (TPSA) is 42.4 Å². The Bertz CT molecular complexity index is 728. The highest BCUT2D eigenvalue weighted by Gasteiger charge is 2.26. The molecule has 0 saturated heterocycles. The van der Waals surface area contributed by atoms with Crippen LogP contribution in [0.5, 0.6) is 0 Å². The molecule has 0 spiro atoms. The fourth-order valence-electron chi connectivity index (χ4n) is 2.65. The van der Waals surface area contributed by atoms with Crippen LogP contribution in [0.15, 0.2) is 30.3 Å². The minimum atomic E-state index is -2.68. The van der Waals surface area contributed by atoms with Crippen LogP contribution in [0.4, 0.5) is 13.6 Å². The summed E-state index contributed by atoms with van der Waals surface area (Å²) in [6, 6.07) is 9.50. The molecule has 1 aromatic heterocycles. The molecule has 25 heavy (non-hydrogen) atoms. The number of halogens is 2. The maximum Gasteiger partial charge on any atom is 0.410 e. The molecule has 4 nitrogen and oxygen atoms in total. The van der Waals surface area contributed by atoms with Crippen LogP contribution >= 0.6 is 11.3 Å². The van der Waals surface area contributed by atoms with Crippen molar-refractivity contribution in [1.82, 2.24) is 9.88 Å². The van der Waals surface area contributed by atoms with E-state index in [0.717, 1.165) is 23.1 Å². The molecule has 0 atom stereocenters. The van der Waals surface area contributed by atoms with Gasteiger partial charge in [-0.1, -0.05) is 30.3 Å². The zero-order chi connectivity index (χ0) is 17.9. The maximum absolute atomic E-state index is 13.0. The Kier molecular flexibility index (Phi) is 5.32. The first-order valence-electron chi connectivity index (χ1n) is 8.21. The molecule has 2 aromatic rings. The third-order valence-electron chi connectivity index (χ3n) is 4.01. The van der Waals surface area contributed by atoms with E-state index in [4.69, 9.17) is 4.74 Å². The molecule has 0 saturated carbocycles. The largest absolute Gasteiger partial charge is 0.445 e. The normalized spacial score (nSPS) is 14.3. The van der Waals surface area contributed by atoms with Crippen molar-refractivity contribution in [2.24, 2.45) is 0 Å². The highest BCUT2D eigenvalue weighted by atomic mass is 32.1. The first-order valence-corrected chi connectivity index (χ1v) is 9.03. The molecular weight excluding hydrogens is 346 g/mol. The second-order valence-corrected chi connectivity index (χ2v) is 7.43. The Labute approximate surface area is 149 Å². The molecule has 3 rings (SSSR count). The van der Waals surface area contributed by atoms with E-state index in [-0.39, 0.29) is 25.5 Å². The highest BCUT2D eigenvalue weighted by Crippen LogP contribution is 2.28. The molecule has 0 N–H and O–H groups in total. The number of hydrogen-bond acceptors (Lipinski definition) is 4. The lowest BCUT2D eigenvalue weighted by Crippen LogP contribution is -2.36. The van der Waals surface area contributed by atoms with Crippen molar-refractivity contribution in [3.05, 3.63) is 51.5 Å². The molecule has 1 aromatic carbocycles. The predicted molar refractivity (Wildman–Crippen MR) is 91.8 cm³/mol. The summed E-state index contributed by atoms with van der Waals surface area (Å²) in [5.41, 5.74) is 1.74. The molecule has 2 heterocycles. The lowest BCUT2D eigenvalue weighted by Gasteiger charge is -2.25. The number of amides is 1. The lowest BCUT2D eigenvalue weighted by atomic mass is 10.2. The van der Waals surface area contributed by atoms with Gasteiger partial charge in [-0.05, 0) is 12.5 Å². The molecular formula is C18H20F2N2O2S. The number of alkyl halides is 2. The van der Waals surface area contributed by atoms with Gasteiger partial charge in [-0.25, -0.2) is 18.6 Å². The minimum Gasteiger partial charge on any atom is -0.445 e. The Hall–Kier alpha value is -2.02. The van der Waals surface area contributed by atoms with Gasteiger partial charge in [0.05, 0.1) is 17.2 Å². The summed E-state index contributed by atoms with van der Waals surface area (Å²) >= 11 is 1.48. The van der Waals surface area contributed by atoms with Gasteiger partial charge in [0, 0.05) is 30.7 Å². The van der Waals surface area contributed by atoms with E-state index < -0.39 is 5.92 Å². The molecule has 0 bridgehead atoms. The van der Waals surface area contributed by atoms with E-state index in [2.05, 4.69) is 4.98 Å². The smallest absolute Gasteiger partial charge is 0.410 e. The van der Waals surface area contributed by atoms with Crippen LogP contribution in [0.2, 0.25) is 0 Å². The first kappa shape index (κ1) is 17.8. The van der Waals surface area contributed by atoms with Gasteiger partial charge >= 0.3 is 6.09 Å². The molecule has 0 fully saturated rings. The third-order valence-corrected chi connectivity index (χ3v) is 5.23. The standard InChI is InChI=1S/C18H20F2N2O2S/c1-18(19,20)9-7-16-21-14-11-22(10-8-15(14)25-16)17(23)24-12-13-5-3-2-4-6-13/h2-6H,7-12H2,1H3. The Balaban J connectivity index is 1.55. The van der Waals surface area contributed by atoms with Gasteiger partial charge in [0.2, 0.25) is 5.92 Å². The van der Waals surface area contributed by atoms with Crippen molar-refractivity contribution in [2.75, 3.05) is 6.54 Å². The molecule has 1 aliphatic heterocycles. The van der Waals surface area contributed by atoms with Gasteiger partial charge in [0.1, 0.15) is 6.61 Å². The van der Waals surface area contributed by atoms with Crippen molar-refractivity contribution in [2.45, 2.75) is 45.3 Å². The van der Waals surface area contributed by atoms with Crippen LogP contribution < -0.4 is 0 Å². The SMILES string of the molecule is CC(F)(F)CCc1nc2c(s1)CCN(C(=O)OCc1ccccc1)C2. The highest BCUT2D eigenvalue weighted by molar-refractivity contribution is 7.11. The van der Waals surface area contributed by atoms with E-state index in [1.165, 1.54) is 11.3 Å². The number of carbonyl (C=O) groups is 1. The number of benzene rings is 1. The molecule has 0 aliphatic carbocycles. The molecule has 134 valence electrons. The average molecular weight is 366 g/mol. The number of carbonyl (C=O) groups excluding carboxylic acids is 1. The Morgan fingerprint density at radius 3 is 2.84 bits per heavy atom. The summed E-state index contributed by atoms with van der Waals surface area (Å²) in [5.74, 6) is -2.68. The van der Waals surface area contributed by atoms with E-state index in [9.17, 15) is 13.6 Å². The Morgan fingerprint density at radius 1 is 1.36 bits per heavy atom. The van der Waals surface area contributed by atoms with Gasteiger partial charge < -0.3 is 9.64 Å². The monoisotopic (exact) mass is 366 g/mol. The maximum atomic E-state index is 13.0. The van der Waals surface area contributed by atoms with Crippen LogP contribution in [0.25, 0.3) is 0 Å². The molecule has 7 heteroatoms. The summed E-state index contributed by atoms with van der Waals surface area (Å²) in [4.78, 5) is 19.4. The number of ether oxygens (including phenoxy) is 1.